The molecule has 2 atom stereocenters. The standard InChI is InChI=1S/C23H40O5Si/c1-5-9-13-24-22-20(21(8-4)27-18-19-17-26-19)12-16-29(28-15-11-7-3)23(22)25-14-10-6-2/h12,16,19,21H,5-11,13-15,17-18H2,1-4H3. The Labute approximate surface area is 178 Å². The summed E-state index contributed by atoms with van der Waals surface area (Å²) in [6.45, 7) is 12.3. The van der Waals surface area contributed by atoms with Crippen LogP contribution in [-0.2, 0) is 9.47 Å². The van der Waals surface area contributed by atoms with Crippen molar-refractivity contribution in [2.45, 2.75) is 84.8 Å². The van der Waals surface area contributed by atoms with Gasteiger partial charge < -0.3 is 23.4 Å². The Balaban J connectivity index is 2.30. The van der Waals surface area contributed by atoms with Crippen LogP contribution in [-0.4, -0.2) is 47.8 Å². The number of epoxide rings is 1. The summed E-state index contributed by atoms with van der Waals surface area (Å²) in [4.78, 5) is 0. The SMILES string of the molecule is CCCCOc1c(C(CC)OCC2CO2)cc[si](OCCCC)c1OCCCC. The second kappa shape index (κ2) is 14.0. The summed E-state index contributed by atoms with van der Waals surface area (Å²) in [5.74, 6) is 0.867. The van der Waals surface area contributed by atoms with Crippen LogP contribution >= 0.6 is 0 Å². The molecule has 2 rings (SSSR count). The molecule has 1 saturated heterocycles. The van der Waals surface area contributed by atoms with Crippen LogP contribution in [0.25, 0.3) is 0 Å². The van der Waals surface area contributed by atoms with Gasteiger partial charge in [-0.2, -0.15) is 0 Å². The summed E-state index contributed by atoms with van der Waals surface area (Å²) in [6, 6.07) is 2.16. The lowest BCUT2D eigenvalue weighted by Crippen LogP contribution is -2.21. The highest BCUT2D eigenvalue weighted by atomic mass is 28.3. The first kappa shape index (κ1) is 24.2. The van der Waals surface area contributed by atoms with Crippen LogP contribution in [0.5, 0.6) is 11.1 Å². The highest BCUT2D eigenvalue weighted by molar-refractivity contribution is 6.50. The Hall–Kier alpha value is -1.11. The molecule has 166 valence electrons. The Morgan fingerprint density at radius 1 is 1.00 bits per heavy atom. The third-order valence-corrected chi connectivity index (χ3v) is 6.76. The third-order valence-electron chi connectivity index (χ3n) is 4.95. The van der Waals surface area contributed by atoms with Crippen LogP contribution in [0.15, 0.2) is 11.7 Å². The predicted octanol–water partition coefficient (Wildman–Crippen LogP) is 5.17. The van der Waals surface area contributed by atoms with Crippen molar-refractivity contribution in [3.63, 3.8) is 0 Å². The molecule has 0 aromatic carbocycles. The first-order valence-electron chi connectivity index (χ1n) is 11.5. The van der Waals surface area contributed by atoms with E-state index in [1.807, 2.05) is 0 Å². The quantitative estimate of drug-likeness (QED) is 0.196. The fourth-order valence-corrected chi connectivity index (χ4v) is 4.75. The van der Waals surface area contributed by atoms with Gasteiger partial charge in [0.25, 0.3) is 0 Å². The zero-order valence-corrected chi connectivity index (χ0v) is 19.8. The summed E-state index contributed by atoms with van der Waals surface area (Å²) >= 11 is 0. The van der Waals surface area contributed by atoms with Crippen molar-refractivity contribution in [3.8, 4) is 11.1 Å². The zero-order valence-electron chi connectivity index (χ0n) is 18.8. The molecule has 1 aromatic heterocycles. The van der Waals surface area contributed by atoms with Crippen molar-refractivity contribution in [1.29, 1.82) is 0 Å². The van der Waals surface area contributed by atoms with Crippen molar-refractivity contribution in [2.24, 2.45) is 0 Å². The molecule has 0 amide bonds. The van der Waals surface area contributed by atoms with Gasteiger partial charge in [0, 0.05) is 5.56 Å². The lowest BCUT2D eigenvalue weighted by atomic mass is 10.1. The van der Waals surface area contributed by atoms with E-state index in [0.717, 1.165) is 74.8 Å². The van der Waals surface area contributed by atoms with Gasteiger partial charge in [-0.05, 0) is 31.4 Å². The number of ether oxygens (including phenoxy) is 4. The highest BCUT2D eigenvalue weighted by Gasteiger charge is 2.28. The molecule has 6 heteroatoms. The zero-order chi connectivity index (χ0) is 20.9. The normalized spacial score (nSPS) is 16.5. The van der Waals surface area contributed by atoms with Crippen molar-refractivity contribution in [1.82, 2.24) is 0 Å². The molecule has 1 aliphatic rings. The average molecular weight is 425 g/mol. The molecule has 0 N–H and O–H groups in total. The van der Waals surface area contributed by atoms with E-state index in [-0.39, 0.29) is 12.2 Å². The molecule has 0 spiro atoms. The fourth-order valence-electron chi connectivity index (χ4n) is 2.99. The monoisotopic (exact) mass is 424 g/mol. The largest absolute Gasteiger partial charge is 0.545 e. The number of rotatable bonds is 17. The van der Waals surface area contributed by atoms with E-state index in [1.165, 1.54) is 0 Å². The maximum absolute atomic E-state index is 6.32. The minimum absolute atomic E-state index is 0.0176. The molecule has 1 aliphatic heterocycles. The molecule has 0 aliphatic carbocycles. The molecule has 0 saturated carbocycles. The van der Waals surface area contributed by atoms with Crippen LogP contribution < -0.4 is 13.9 Å². The maximum Gasteiger partial charge on any atom is 0.312 e. The van der Waals surface area contributed by atoms with Gasteiger partial charge in [-0.15, -0.1) is 0 Å². The molecule has 2 heterocycles. The topological polar surface area (TPSA) is 49.5 Å². The Bertz CT molecular complexity index is 577. The first-order valence-corrected chi connectivity index (χ1v) is 13.0. The van der Waals surface area contributed by atoms with Gasteiger partial charge in [0.1, 0.15) is 6.10 Å². The molecule has 0 bridgehead atoms. The van der Waals surface area contributed by atoms with Gasteiger partial charge in [-0.3, -0.25) is 0 Å². The summed E-state index contributed by atoms with van der Waals surface area (Å²) in [6.07, 6.45) is 7.56. The lowest BCUT2D eigenvalue weighted by Gasteiger charge is -2.24. The highest BCUT2D eigenvalue weighted by Crippen LogP contribution is 2.38. The van der Waals surface area contributed by atoms with E-state index in [1.54, 1.807) is 0 Å². The van der Waals surface area contributed by atoms with Crippen molar-refractivity contribution in [3.05, 3.63) is 17.3 Å². The molecule has 0 radical (unpaired) electrons. The third kappa shape index (κ3) is 8.26. The Morgan fingerprint density at radius 2 is 1.66 bits per heavy atom. The predicted molar refractivity (Wildman–Crippen MR) is 118 cm³/mol. The first-order chi connectivity index (χ1) is 14.2. The Morgan fingerprint density at radius 3 is 2.28 bits per heavy atom. The van der Waals surface area contributed by atoms with Crippen molar-refractivity contribution < 1.29 is 23.4 Å². The van der Waals surface area contributed by atoms with E-state index in [2.05, 4.69) is 39.4 Å². The maximum atomic E-state index is 6.32. The second-order valence-electron chi connectivity index (χ2n) is 7.60. The number of unbranched alkanes of at least 4 members (excludes halogenated alkanes) is 3. The molecule has 1 fully saturated rings. The van der Waals surface area contributed by atoms with Gasteiger partial charge in [0.05, 0.1) is 39.1 Å². The van der Waals surface area contributed by atoms with Gasteiger partial charge in [-0.1, -0.05) is 53.0 Å². The van der Waals surface area contributed by atoms with E-state index in [9.17, 15) is 0 Å². The Kier molecular flexibility index (Phi) is 11.7. The van der Waals surface area contributed by atoms with Gasteiger partial charge in [-0.25, -0.2) is 0 Å². The summed E-state index contributed by atoms with van der Waals surface area (Å²) in [5.41, 5.74) is 3.28. The van der Waals surface area contributed by atoms with Crippen LogP contribution in [0, 0.1) is 0 Å². The molecule has 29 heavy (non-hydrogen) atoms. The second-order valence-corrected chi connectivity index (χ2v) is 9.41. The van der Waals surface area contributed by atoms with E-state index < -0.39 is 8.64 Å². The van der Waals surface area contributed by atoms with Gasteiger partial charge in [0.15, 0.2) is 11.1 Å². The molecule has 5 nitrogen and oxygen atoms in total. The van der Waals surface area contributed by atoms with Gasteiger partial charge in [0.2, 0.25) is 0 Å². The van der Waals surface area contributed by atoms with E-state index >= 15 is 0 Å². The smallest absolute Gasteiger partial charge is 0.312 e. The van der Waals surface area contributed by atoms with E-state index in [0.29, 0.717) is 19.8 Å². The number of hydrogen-bond acceptors (Lipinski definition) is 5. The fraction of sp³-hybridized carbons (Fsp3) is 0.783. The number of hydrogen-bond donors (Lipinski definition) is 0. The van der Waals surface area contributed by atoms with Crippen LogP contribution in [0.3, 0.4) is 0 Å². The van der Waals surface area contributed by atoms with Gasteiger partial charge >= 0.3 is 8.64 Å². The van der Waals surface area contributed by atoms with Crippen molar-refractivity contribution >= 4 is 8.64 Å². The molecule has 1 aromatic rings. The van der Waals surface area contributed by atoms with Crippen LogP contribution in [0.2, 0.25) is 0 Å². The van der Waals surface area contributed by atoms with Crippen molar-refractivity contribution in [2.75, 3.05) is 33.0 Å². The minimum atomic E-state index is -1.37. The summed E-state index contributed by atoms with van der Waals surface area (Å²) in [7, 11) is -1.37. The summed E-state index contributed by atoms with van der Waals surface area (Å²) in [5, 5.41) is 0.915. The lowest BCUT2D eigenvalue weighted by molar-refractivity contribution is 0.0372. The average Bonchev–Trinajstić information content (AvgIpc) is 3.55. The molecular weight excluding hydrogens is 384 g/mol. The van der Waals surface area contributed by atoms with E-state index in [4.69, 9.17) is 23.4 Å². The van der Waals surface area contributed by atoms with Crippen LogP contribution in [0.1, 0.15) is 84.3 Å². The minimum Gasteiger partial charge on any atom is -0.545 e. The summed E-state index contributed by atoms with van der Waals surface area (Å²) < 4.78 is 30.4. The van der Waals surface area contributed by atoms with Crippen LogP contribution in [0.4, 0.5) is 0 Å². The molecular formula is C23H40O5Si. The molecule has 2 unspecified atom stereocenters.